The number of rotatable bonds is 7. The Morgan fingerprint density at radius 1 is 1.05 bits per heavy atom. The molecule has 1 N–H and O–H groups in total. The minimum Gasteiger partial charge on any atom is -0.313 e. The molecule has 0 amide bonds. The first kappa shape index (κ1) is 15.4. The fourth-order valence-electron chi connectivity index (χ4n) is 1.90. The first-order valence-electron chi connectivity index (χ1n) is 6.95. The summed E-state index contributed by atoms with van der Waals surface area (Å²) < 4.78 is 0. The van der Waals surface area contributed by atoms with Gasteiger partial charge in [-0.1, -0.05) is 42.8 Å². The van der Waals surface area contributed by atoms with E-state index >= 15 is 0 Å². The van der Waals surface area contributed by atoms with E-state index < -0.39 is 0 Å². The molecule has 0 aromatic heterocycles. The molecule has 0 saturated carbocycles. The van der Waals surface area contributed by atoms with Gasteiger partial charge >= 0.3 is 0 Å². The Morgan fingerprint density at radius 2 is 1.85 bits per heavy atom. The molecule has 0 aliphatic carbocycles. The summed E-state index contributed by atoms with van der Waals surface area (Å²) >= 11 is 7.76. The molecule has 0 heterocycles. The van der Waals surface area contributed by atoms with E-state index in [1.807, 2.05) is 23.9 Å². The van der Waals surface area contributed by atoms with E-state index in [0.717, 1.165) is 23.9 Å². The summed E-state index contributed by atoms with van der Waals surface area (Å²) in [5.41, 5.74) is 2.65. The predicted molar refractivity (Wildman–Crippen MR) is 89.5 cm³/mol. The fourth-order valence-corrected chi connectivity index (χ4v) is 2.96. The zero-order valence-electron chi connectivity index (χ0n) is 11.7. The van der Waals surface area contributed by atoms with Crippen LogP contribution in [0.15, 0.2) is 53.4 Å². The van der Waals surface area contributed by atoms with Crippen LogP contribution in [0.4, 0.5) is 0 Å². The summed E-state index contributed by atoms with van der Waals surface area (Å²) in [6.45, 7) is 4.21. The third kappa shape index (κ3) is 5.20. The van der Waals surface area contributed by atoms with Crippen molar-refractivity contribution >= 4 is 23.4 Å². The standard InChI is InChI=1S/C17H20ClNS/c1-2-10-19-12-15-4-3-5-17(11-15)20-13-14-6-8-16(18)9-7-14/h3-9,11,19H,2,10,12-13H2,1H3. The van der Waals surface area contributed by atoms with Crippen molar-refractivity contribution < 1.29 is 0 Å². The molecular weight excluding hydrogens is 286 g/mol. The molecule has 3 heteroatoms. The molecule has 0 atom stereocenters. The lowest BCUT2D eigenvalue weighted by Crippen LogP contribution is -2.13. The molecule has 0 saturated heterocycles. The highest BCUT2D eigenvalue weighted by Crippen LogP contribution is 2.24. The van der Waals surface area contributed by atoms with Gasteiger partial charge in [-0.3, -0.25) is 0 Å². The summed E-state index contributed by atoms with van der Waals surface area (Å²) in [7, 11) is 0. The Labute approximate surface area is 130 Å². The van der Waals surface area contributed by atoms with Gasteiger partial charge in [-0.05, 0) is 48.4 Å². The summed E-state index contributed by atoms with van der Waals surface area (Å²) in [6, 6.07) is 16.8. The number of thioether (sulfide) groups is 1. The van der Waals surface area contributed by atoms with Crippen LogP contribution < -0.4 is 5.32 Å². The summed E-state index contributed by atoms with van der Waals surface area (Å²) in [5, 5.41) is 4.23. The van der Waals surface area contributed by atoms with Crippen molar-refractivity contribution in [3.8, 4) is 0 Å². The van der Waals surface area contributed by atoms with E-state index in [1.54, 1.807) is 0 Å². The molecule has 0 radical (unpaired) electrons. The molecule has 0 spiro atoms. The average molecular weight is 306 g/mol. The highest BCUT2D eigenvalue weighted by molar-refractivity contribution is 7.98. The van der Waals surface area contributed by atoms with E-state index in [1.165, 1.54) is 22.4 Å². The van der Waals surface area contributed by atoms with Gasteiger partial charge in [-0.15, -0.1) is 11.8 Å². The molecule has 2 rings (SSSR count). The van der Waals surface area contributed by atoms with Gasteiger partial charge in [0.1, 0.15) is 0 Å². The molecule has 2 aromatic carbocycles. The number of hydrogen-bond donors (Lipinski definition) is 1. The summed E-state index contributed by atoms with van der Waals surface area (Å²) in [5.74, 6) is 0.975. The first-order valence-corrected chi connectivity index (χ1v) is 8.31. The normalized spacial score (nSPS) is 10.7. The van der Waals surface area contributed by atoms with Crippen LogP contribution in [0, 0.1) is 0 Å². The molecule has 0 fully saturated rings. The maximum absolute atomic E-state index is 5.90. The van der Waals surface area contributed by atoms with Crippen molar-refractivity contribution in [2.45, 2.75) is 30.5 Å². The van der Waals surface area contributed by atoms with E-state index in [-0.39, 0.29) is 0 Å². The van der Waals surface area contributed by atoms with Crippen molar-refractivity contribution in [2.75, 3.05) is 6.54 Å². The molecule has 1 nitrogen and oxygen atoms in total. The van der Waals surface area contributed by atoms with E-state index in [0.29, 0.717) is 0 Å². The van der Waals surface area contributed by atoms with Crippen LogP contribution in [0.5, 0.6) is 0 Å². The van der Waals surface area contributed by atoms with Crippen molar-refractivity contribution in [3.63, 3.8) is 0 Å². The van der Waals surface area contributed by atoms with Crippen LogP contribution in [0.25, 0.3) is 0 Å². The quantitative estimate of drug-likeness (QED) is 0.562. The smallest absolute Gasteiger partial charge is 0.0406 e. The second-order valence-electron chi connectivity index (χ2n) is 4.74. The average Bonchev–Trinajstić information content (AvgIpc) is 2.47. The van der Waals surface area contributed by atoms with Crippen LogP contribution in [0.3, 0.4) is 0 Å². The molecule has 106 valence electrons. The number of benzene rings is 2. The largest absolute Gasteiger partial charge is 0.313 e. The lowest BCUT2D eigenvalue weighted by atomic mass is 10.2. The van der Waals surface area contributed by atoms with Gasteiger partial charge in [-0.25, -0.2) is 0 Å². The zero-order valence-corrected chi connectivity index (χ0v) is 13.3. The van der Waals surface area contributed by atoms with Gasteiger partial charge in [0, 0.05) is 22.2 Å². The molecule has 0 unspecified atom stereocenters. The number of halogens is 1. The van der Waals surface area contributed by atoms with Crippen LogP contribution >= 0.6 is 23.4 Å². The summed E-state index contributed by atoms with van der Waals surface area (Å²) in [6.07, 6.45) is 1.17. The first-order chi connectivity index (χ1) is 9.78. The van der Waals surface area contributed by atoms with Gasteiger partial charge in [0.05, 0.1) is 0 Å². The zero-order chi connectivity index (χ0) is 14.2. The highest BCUT2D eigenvalue weighted by atomic mass is 35.5. The van der Waals surface area contributed by atoms with Gasteiger partial charge in [0.25, 0.3) is 0 Å². The number of nitrogens with one attached hydrogen (secondary N) is 1. The predicted octanol–water partition coefficient (Wildman–Crippen LogP) is 5.13. The molecule has 0 bridgehead atoms. The van der Waals surface area contributed by atoms with Crippen molar-refractivity contribution in [2.24, 2.45) is 0 Å². The van der Waals surface area contributed by atoms with E-state index in [2.05, 4.69) is 48.6 Å². The molecular formula is C17H20ClNS. The monoisotopic (exact) mass is 305 g/mol. The third-order valence-electron chi connectivity index (χ3n) is 2.97. The van der Waals surface area contributed by atoms with Crippen molar-refractivity contribution in [3.05, 3.63) is 64.7 Å². The number of hydrogen-bond acceptors (Lipinski definition) is 2. The van der Waals surface area contributed by atoms with Gasteiger partial charge < -0.3 is 5.32 Å². The van der Waals surface area contributed by atoms with Crippen LogP contribution in [0.2, 0.25) is 5.02 Å². The molecule has 0 aliphatic rings. The Balaban J connectivity index is 1.89. The van der Waals surface area contributed by atoms with E-state index in [9.17, 15) is 0 Å². The van der Waals surface area contributed by atoms with Crippen LogP contribution in [-0.2, 0) is 12.3 Å². The van der Waals surface area contributed by atoms with E-state index in [4.69, 9.17) is 11.6 Å². The minimum atomic E-state index is 0.794. The second kappa shape index (κ2) is 8.35. The lowest BCUT2D eigenvalue weighted by Gasteiger charge is -2.06. The van der Waals surface area contributed by atoms with Crippen molar-refractivity contribution in [1.29, 1.82) is 0 Å². The maximum Gasteiger partial charge on any atom is 0.0406 e. The highest BCUT2D eigenvalue weighted by Gasteiger charge is 1.99. The molecule has 20 heavy (non-hydrogen) atoms. The Morgan fingerprint density at radius 3 is 2.60 bits per heavy atom. The Hall–Kier alpha value is -0.960. The van der Waals surface area contributed by atoms with Gasteiger partial charge in [-0.2, -0.15) is 0 Å². The summed E-state index contributed by atoms with van der Waals surface area (Å²) in [4.78, 5) is 1.32. The molecule has 0 aliphatic heterocycles. The Kier molecular flexibility index (Phi) is 6.44. The van der Waals surface area contributed by atoms with Crippen LogP contribution in [0.1, 0.15) is 24.5 Å². The molecule has 2 aromatic rings. The second-order valence-corrected chi connectivity index (χ2v) is 6.22. The van der Waals surface area contributed by atoms with Gasteiger partial charge in [0.2, 0.25) is 0 Å². The fraction of sp³-hybridized carbons (Fsp3) is 0.294. The minimum absolute atomic E-state index is 0.794. The third-order valence-corrected chi connectivity index (χ3v) is 4.29. The van der Waals surface area contributed by atoms with Gasteiger partial charge in [0.15, 0.2) is 0 Å². The maximum atomic E-state index is 5.90. The topological polar surface area (TPSA) is 12.0 Å². The van der Waals surface area contributed by atoms with Crippen LogP contribution in [-0.4, -0.2) is 6.54 Å². The Bertz CT molecular complexity index is 525. The van der Waals surface area contributed by atoms with Crippen molar-refractivity contribution in [1.82, 2.24) is 5.32 Å². The SMILES string of the molecule is CCCNCc1cccc(SCc2ccc(Cl)cc2)c1. The lowest BCUT2D eigenvalue weighted by molar-refractivity contribution is 0.674.